The molecule has 2 aromatic heterocycles. The maximum absolute atomic E-state index is 6.39. The van der Waals surface area contributed by atoms with Crippen LogP contribution in [0.2, 0.25) is 0 Å². The Morgan fingerprint density at radius 3 is 2.52 bits per heavy atom. The van der Waals surface area contributed by atoms with E-state index in [2.05, 4.69) is 25.1 Å². The molecule has 2 N–H and O–H groups in total. The van der Waals surface area contributed by atoms with Crippen LogP contribution in [0.5, 0.6) is 0 Å². The highest BCUT2D eigenvalue weighted by Crippen LogP contribution is 2.27. The zero-order valence-corrected chi connectivity index (χ0v) is 12.7. The molecule has 21 heavy (non-hydrogen) atoms. The zero-order chi connectivity index (χ0) is 15.0. The third-order valence-electron chi connectivity index (χ3n) is 4.07. The van der Waals surface area contributed by atoms with E-state index in [0.29, 0.717) is 6.42 Å². The lowest BCUT2D eigenvalue weighted by atomic mass is 9.98. The van der Waals surface area contributed by atoms with Crippen molar-refractivity contribution in [2.24, 2.45) is 5.73 Å². The third-order valence-corrected chi connectivity index (χ3v) is 4.07. The summed E-state index contributed by atoms with van der Waals surface area (Å²) in [6.45, 7) is 6.02. The van der Waals surface area contributed by atoms with Gasteiger partial charge in [-0.2, -0.15) is 0 Å². The van der Waals surface area contributed by atoms with E-state index in [9.17, 15) is 0 Å². The summed E-state index contributed by atoms with van der Waals surface area (Å²) in [5.41, 5.74) is 10.7. The second kappa shape index (κ2) is 5.34. The maximum Gasteiger partial charge on any atom is 0.106 e. The van der Waals surface area contributed by atoms with Gasteiger partial charge in [-0.05, 0) is 38.5 Å². The molecule has 1 atom stereocenters. The van der Waals surface area contributed by atoms with Crippen LogP contribution < -0.4 is 5.73 Å². The molecule has 3 aromatic rings. The van der Waals surface area contributed by atoms with E-state index in [0.717, 1.165) is 39.2 Å². The molecule has 0 saturated carbocycles. The average molecular weight is 280 g/mol. The van der Waals surface area contributed by atoms with Gasteiger partial charge in [0, 0.05) is 29.1 Å². The first-order valence-electron chi connectivity index (χ1n) is 7.23. The number of nitrogens with zero attached hydrogens (tertiary/aromatic N) is 1. The van der Waals surface area contributed by atoms with Gasteiger partial charge < -0.3 is 10.2 Å². The van der Waals surface area contributed by atoms with Crippen LogP contribution in [0.3, 0.4) is 0 Å². The van der Waals surface area contributed by atoms with E-state index in [-0.39, 0.29) is 6.04 Å². The van der Waals surface area contributed by atoms with E-state index < -0.39 is 0 Å². The molecule has 0 saturated heterocycles. The third kappa shape index (κ3) is 2.57. The summed E-state index contributed by atoms with van der Waals surface area (Å²) in [4.78, 5) is 4.70. The van der Waals surface area contributed by atoms with Crippen LogP contribution in [0.15, 0.2) is 40.8 Å². The Balaban J connectivity index is 1.90. The van der Waals surface area contributed by atoms with Crippen LogP contribution in [-0.4, -0.2) is 4.98 Å². The zero-order valence-electron chi connectivity index (χ0n) is 12.7. The maximum atomic E-state index is 6.39. The Kier molecular flexibility index (Phi) is 3.52. The highest BCUT2D eigenvalue weighted by molar-refractivity contribution is 5.78. The Hall–Kier alpha value is -2.13. The summed E-state index contributed by atoms with van der Waals surface area (Å²) in [5.74, 6) is 1.86. The van der Waals surface area contributed by atoms with Gasteiger partial charge in [-0.15, -0.1) is 0 Å². The first-order valence-corrected chi connectivity index (χ1v) is 7.23. The number of aromatic nitrogens is 1. The number of benzene rings is 1. The van der Waals surface area contributed by atoms with Gasteiger partial charge in [0.15, 0.2) is 0 Å². The number of aryl methyl sites for hydroxylation is 2. The van der Waals surface area contributed by atoms with Crippen LogP contribution in [0.1, 0.15) is 34.4 Å². The lowest BCUT2D eigenvalue weighted by Crippen LogP contribution is -2.15. The van der Waals surface area contributed by atoms with Crippen molar-refractivity contribution in [1.82, 2.24) is 4.98 Å². The average Bonchev–Trinajstić information content (AvgIpc) is 2.72. The first-order chi connectivity index (χ1) is 10.1. The molecule has 0 aliphatic heterocycles. The molecule has 0 bridgehead atoms. The van der Waals surface area contributed by atoms with Crippen molar-refractivity contribution < 1.29 is 4.42 Å². The van der Waals surface area contributed by atoms with Crippen molar-refractivity contribution in [3.8, 4) is 0 Å². The highest BCUT2D eigenvalue weighted by Gasteiger charge is 2.18. The van der Waals surface area contributed by atoms with E-state index in [1.165, 1.54) is 0 Å². The topological polar surface area (TPSA) is 52.0 Å². The fraction of sp³-hybridized carbons (Fsp3) is 0.278. The first kappa shape index (κ1) is 13.8. The van der Waals surface area contributed by atoms with Crippen molar-refractivity contribution in [3.63, 3.8) is 0 Å². The quantitative estimate of drug-likeness (QED) is 0.789. The number of hydrogen-bond acceptors (Lipinski definition) is 3. The lowest BCUT2D eigenvalue weighted by molar-refractivity contribution is 0.496. The number of nitrogens with two attached hydrogens (primary N) is 1. The molecule has 108 valence electrons. The normalized spacial score (nSPS) is 12.8. The predicted octanol–water partition coefficient (Wildman–Crippen LogP) is 4.00. The smallest absolute Gasteiger partial charge is 0.106 e. The summed E-state index contributed by atoms with van der Waals surface area (Å²) in [5, 5.41) is 1.15. The summed E-state index contributed by atoms with van der Waals surface area (Å²) in [7, 11) is 0. The Labute approximate surface area is 124 Å². The fourth-order valence-corrected chi connectivity index (χ4v) is 2.90. The van der Waals surface area contributed by atoms with Gasteiger partial charge in [0.05, 0.1) is 5.52 Å². The molecule has 2 heterocycles. The van der Waals surface area contributed by atoms with Gasteiger partial charge >= 0.3 is 0 Å². The van der Waals surface area contributed by atoms with Gasteiger partial charge in [-0.1, -0.05) is 24.3 Å². The second-order valence-corrected chi connectivity index (χ2v) is 5.56. The predicted molar refractivity (Wildman–Crippen MR) is 85.3 cm³/mol. The monoisotopic (exact) mass is 280 g/mol. The van der Waals surface area contributed by atoms with Crippen LogP contribution in [0.25, 0.3) is 10.9 Å². The van der Waals surface area contributed by atoms with E-state index in [1.54, 1.807) is 0 Å². The fourth-order valence-electron chi connectivity index (χ4n) is 2.90. The number of fused-ring (bicyclic) bond motifs is 1. The van der Waals surface area contributed by atoms with Gasteiger partial charge in [-0.25, -0.2) is 0 Å². The molecular weight excluding hydrogens is 260 g/mol. The Bertz CT molecular complexity index is 789. The van der Waals surface area contributed by atoms with Gasteiger partial charge in [0.25, 0.3) is 0 Å². The Morgan fingerprint density at radius 2 is 1.81 bits per heavy atom. The van der Waals surface area contributed by atoms with Crippen molar-refractivity contribution in [1.29, 1.82) is 0 Å². The molecule has 0 radical (unpaired) electrons. The largest absolute Gasteiger partial charge is 0.466 e. The molecule has 0 aliphatic rings. The standard InChI is InChI=1S/C18H20N2O/c1-11-12(2)21-13(3)18(11)16(19)10-15-9-8-14-6-4-5-7-17(14)20-15/h4-9,16H,10,19H2,1-3H3. The van der Waals surface area contributed by atoms with Crippen LogP contribution in [-0.2, 0) is 6.42 Å². The molecule has 3 nitrogen and oxygen atoms in total. The van der Waals surface area contributed by atoms with Crippen molar-refractivity contribution in [2.45, 2.75) is 33.2 Å². The van der Waals surface area contributed by atoms with E-state index in [1.807, 2.05) is 32.0 Å². The van der Waals surface area contributed by atoms with E-state index in [4.69, 9.17) is 15.1 Å². The lowest BCUT2D eigenvalue weighted by Gasteiger charge is -2.12. The summed E-state index contributed by atoms with van der Waals surface area (Å²) in [6.07, 6.45) is 0.714. The van der Waals surface area contributed by atoms with E-state index >= 15 is 0 Å². The minimum Gasteiger partial charge on any atom is -0.466 e. The van der Waals surface area contributed by atoms with Gasteiger partial charge in [-0.3, -0.25) is 4.98 Å². The van der Waals surface area contributed by atoms with Gasteiger partial charge in [0.2, 0.25) is 0 Å². The minimum atomic E-state index is -0.0869. The number of hydrogen-bond donors (Lipinski definition) is 1. The number of furan rings is 1. The molecule has 1 unspecified atom stereocenters. The number of rotatable bonds is 3. The van der Waals surface area contributed by atoms with Crippen LogP contribution in [0, 0.1) is 20.8 Å². The molecule has 0 spiro atoms. The summed E-state index contributed by atoms with van der Waals surface area (Å²) >= 11 is 0. The van der Waals surface area contributed by atoms with Crippen molar-refractivity contribution >= 4 is 10.9 Å². The molecule has 3 rings (SSSR count). The Morgan fingerprint density at radius 1 is 1.05 bits per heavy atom. The number of pyridine rings is 1. The highest BCUT2D eigenvalue weighted by atomic mass is 16.3. The molecule has 3 heteroatoms. The van der Waals surface area contributed by atoms with Crippen molar-refractivity contribution in [2.75, 3.05) is 0 Å². The SMILES string of the molecule is Cc1oc(C)c(C(N)Cc2ccc3ccccc3n2)c1C. The summed E-state index contributed by atoms with van der Waals surface area (Å²) < 4.78 is 5.67. The molecule has 0 amide bonds. The second-order valence-electron chi connectivity index (χ2n) is 5.56. The molecule has 0 fully saturated rings. The summed E-state index contributed by atoms with van der Waals surface area (Å²) in [6, 6.07) is 12.2. The van der Waals surface area contributed by atoms with Crippen molar-refractivity contribution in [3.05, 3.63) is 64.7 Å². The number of para-hydroxylation sites is 1. The minimum absolute atomic E-state index is 0.0869. The molecule has 1 aromatic carbocycles. The van der Waals surface area contributed by atoms with Crippen LogP contribution in [0.4, 0.5) is 0 Å². The molecular formula is C18H20N2O. The molecule has 0 aliphatic carbocycles. The van der Waals surface area contributed by atoms with Crippen LogP contribution >= 0.6 is 0 Å². The van der Waals surface area contributed by atoms with Gasteiger partial charge in [0.1, 0.15) is 11.5 Å².